The quantitative estimate of drug-likeness (QED) is 0.175. The third-order valence-electron chi connectivity index (χ3n) is 4.73. The second-order valence-electron chi connectivity index (χ2n) is 9.13. The summed E-state index contributed by atoms with van der Waals surface area (Å²) in [5, 5.41) is 8.67. The molecule has 0 atom stereocenters. The molecule has 1 N–H and O–H groups in total. The number of hydrogen-bond acceptors (Lipinski definition) is 7. The summed E-state index contributed by atoms with van der Waals surface area (Å²) in [4.78, 5) is 34.8. The van der Waals surface area contributed by atoms with Gasteiger partial charge >= 0.3 is 17.9 Å². The Hall–Kier alpha value is -1.63. The molecule has 0 spiro atoms. The van der Waals surface area contributed by atoms with Gasteiger partial charge < -0.3 is 19.3 Å². The lowest BCUT2D eigenvalue weighted by molar-refractivity contribution is -0.145. The van der Waals surface area contributed by atoms with E-state index < -0.39 is 0 Å². The molecule has 0 bridgehead atoms. The van der Waals surface area contributed by atoms with Gasteiger partial charge in [-0.05, 0) is 63.2 Å². The van der Waals surface area contributed by atoms with Crippen molar-refractivity contribution >= 4 is 17.9 Å². The van der Waals surface area contributed by atoms with Crippen molar-refractivity contribution in [2.24, 2.45) is 5.41 Å². The number of unbranched alkanes of at least 4 members (excludes halogenated alkanes) is 6. The SMILES string of the molecule is CC(C)(C)CCOC(=O)CCCCCOC(=O)CCCCCOC(=O)CCCCCO. The fraction of sp³-hybridized carbons (Fsp3) is 0.875. The second-order valence-corrected chi connectivity index (χ2v) is 9.13. The fourth-order valence-electron chi connectivity index (χ4n) is 2.71. The molecule has 0 aliphatic rings. The van der Waals surface area contributed by atoms with E-state index in [0.717, 1.165) is 57.8 Å². The number of carbonyl (C=O) groups is 3. The molecule has 7 nitrogen and oxygen atoms in total. The molecule has 0 aromatic rings. The molecule has 0 fully saturated rings. The minimum Gasteiger partial charge on any atom is -0.466 e. The number of ether oxygens (including phenoxy) is 3. The number of rotatable bonds is 19. The molecule has 0 saturated carbocycles. The van der Waals surface area contributed by atoms with Gasteiger partial charge in [0.1, 0.15) is 0 Å². The van der Waals surface area contributed by atoms with Crippen LogP contribution in [0.5, 0.6) is 0 Å². The topological polar surface area (TPSA) is 99.1 Å². The minimum atomic E-state index is -0.206. The van der Waals surface area contributed by atoms with E-state index in [1.54, 1.807) is 0 Å². The van der Waals surface area contributed by atoms with Crippen LogP contribution in [-0.4, -0.2) is 49.4 Å². The van der Waals surface area contributed by atoms with Crippen molar-refractivity contribution in [1.29, 1.82) is 0 Å². The van der Waals surface area contributed by atoms with Gasteiger partial charge in [0.15, 0.2) is 0 Å². The van der Waals surface area contributed by atoms with Crippen LogP contribution in [0, 0.1) is 5.41 Å². The van der Waals surface area contributed by atoms with Gasteiger partial charge in [0.25, 0.3) is 0 Å². The first-order valence-electron chi connectivity index (χ1n) is 11.8. The Morgan fingerprint density at radius 2 is 0.968 bits per heavy atom. The van der Waals surface area contributed by atoms with Crippen molar-refractivity contribution in [2.75, 3.05) is 26.4 Å². The zero-order valence-electron chi connectivity index (χ0n) is 19.9. The first-order valence-corrected chi connectivity index (χ1v) is 11.8. The third kappa shape index (κ3) is 22.9. The molecule has 31 heavy (non-hydrogen) atoms. The van der Waals surface area contributed by atoms with Crippen molar-refractivity contribution in [3.63, 3.8) is 0 Å². The summed E-state index contributed by atoms with van der Waals surface area (Å²) >= 11 is 0. The number of carbonyl (C=O) groups excluding carboxylic acids is 3. The smallest absolute Gasteiger partial charge is 0.305 e. The first kappa shape index (κ1) is 29.4. The lowest BCUT2D eigenvalue weighted by Gasteiger charge is -2.17. The van der Waals surface area contributed by atoms with Gasteiger partial charge in [-0.1, -0.05) is 27.2 Å². The normalized spacial score (nSPS) is 11.2. The van der Waals surface area contributed by atoms with Crippen LogP contribution in [0.4, 0.5) is 0 Å². The first-order chi connectivity index (χ1) is 14.7. The molecule has 0 aliphatic heterocycles. The highest BCUT2D eigenvalue weighted by Gasteiger charge is 2.11. The summed E-state index contributed by atoms with van der Waals surface area (Å²) in [6.45, 7) is 7.73. The highest BCUT2D eigenvalue weighted by Crippen LogP contribution is 2.18. The van der Waals surface area contributed by atoms with Crippen molar-refractivity contribution in [3.05, 3.63) is 0 Å². The predicted octanol–water partition coefficient (Wildman–Crippen LogP) is 4.73. The Kier molecular flexibility index (Phi) is 18.1. The number of aliphatic hydroxyl groups is 1. The predicted molar refractivity (Wildman–Crippen MR) is 119 cm³/mol. The third-order valence-corrected chi connectivity index (χ3v) is 4.73. The van der Waals surface area contributed by atoms with Crippen molar-refractivity contribution < 1.29 is 33.7 Å². The summed E-state index contributed by atoms with van der Waals surface area (Å²) in [7, 11) is 0. The molecule has 0 heterocycles. The standard InChI is InChI=1S/C24H44O7/c1-24(2,3)16-20-31-23(28)15-9-6-12-19-30-22(27)14-8-5-11-18-29-21(26)13-7-4-10-17-25/h25H,4-20H2,1-3H3. The Balaban J connectivity index is 3.41. The van der Waals surface area contributed by atoms with Crippen LogP contribution in [-0.2, 0) is 28.6 Å². The fourth-order valence-corrected chi connectivity index (χ4v) is 2.71. The Morgan fingerprint density at radius 3 is 1.35 bits per heavy atom. The zero-order chi connectivity index (χ0) is 23.4. The van der Waals surface area contributed by atoms with Crippen LogP contribution in [0.2, 0.25) is 0 Å². The van der Waals surface area contributed by atoms with E-state index in [1.807, 2.05) is 0 Å². The summed E-state index contributed by atoms with van der Waals surface area (Å²) in [5.74, 6) is -0.563. The summed E-state index contributed by atoms with van der Waals surface area (Å²) in [5.41, 5.74) is 0.165. The van der Waals surface area contributed by atoms with Crippen LogP contribution in [0.1, 0.15) is 104 Å². The van der Waals surface area contributed by atoms with E-state index in [4.69, 9.17) is 19.3 Å². The Labute approximate surface area is 188 Å². The average Bonchev–Trinajstić information content (AvgIpc) is 2.69. The van der Waals surface area contributed by atoms with E-state index in [9.17, 15) is 14.4 Å². The molecule has 0 unspecified atom stereocenters. The van der Waals surface area contributed by atoms with E-state index in [0.29, 0.717) is 45.5 Å². The molecule has 0 aromatic heterocycles. The highest BCUT2D eigenvalue weighted by atomic mass is 16.5. The maximum atomic E-state index is 11.7. The number of hydrogen-bond donors (Lipinski definition) is 1. The minimum absolute atomic E-state index is 0.159. The van der Waals surface area contributed by atoms with Gasteiger partial charge in [-0.2, -0.15) is 0 Å². The Bertz CT molecular complexity index is 483. The highest BCUT2D eigenvalue weighted by molar-refractivity contribution is 5.70. The molecule has 0 amide bonds. The molecule has 0 rings (SSSR count). The molecule has 182 valence electrons. The van der Waals surface area contributed by atoms with Gasteiger partial charge in [-0.15, -0.1) is 0 Å². The molecular weight excluding hydrogens is 400 g/mol. The van der Waals surface area contributed by atoms with Gasteiger partial charge in [0.2, 0.25) is 0 Å². The van der Waals surface area contributed by atoms with Crippen molar-refractivity contribution in [3.8, 4) is 0 Å². The van der Waals surface area contributed by atoms with E-state index in [-0.39, 0.29) is 29.9 Å². The van der Waals surface area contributed by atoms with Crippen LogP contribution < -0.4 is 0 Å². The van der Waals surface area contributed by atoms with Crippen LogP contribution in [0.3, 0.4) is 0 Å². The van der Waals surface area contributed by atoms with Crippen molar-refractivity contribution in [1.82, 2.24) is 0 Å². The van der Waals surface area contributed by atoms with Crippen LogP contribution in [0.15, 0.2) is 0 Å². The van der Waals surface area contributed by atoms with Crippen molar-refractivity contribution in [2.45, 2.75) is 104 Å². The van der Waals surface area contributed by atoms with E-state index >= 15 is 0 Å². The molecule has 0 aromatic carbocycles. The van der Waals surface area contributed by atoms with Crippen LogP contribution >= 0.6 is 0 Å². The maximum Gasteiger partial charge on any atom is 0.305 e. The van der Waals surface area contributed by atoms with E-state index in [2.05, 4.69) is 20.8 Å². The molecular formula is C24H44O7. The van der Waals surface area contributed by atoms with Gasteiger partial charge in [0.05, 0.1) is 19.8 Å². The number of esters is 3. The molecule has 0 aliphatic carbocycles. The second kappa shape index (κ2) is 19.1. The molecule has 0 saturated heterocycles. The van der Waals surface area contributed by atoms with Gasteiger partial charge in [-0.25, -0.2) is 0 Å². The average molecular weight is 445 g/mol. The Morgan fingerprint density at radius 1 is 0.581 bits per heavy atom. The monoisotopic (exact) mass is 444 g/mol. The van der Waals surface area contributed by atoms with Gasteiger partial charge in [0, 0.05) is 25.9 Å². The van der Waals surface area contributed by atoms with Gasteiger partial charge in [-0.3, -0.25) is 14.4 Å². The lowest BCUT2D eigenvalue weighted by Crippen LogP contribution is -2.13. The molecule has 0 radical (unpaired) electrons. The van der Waals surface area contributed by atoms with E-state index in [1.165, 1.54) is 0 Å². The van der Waals surface area contributed by atoms with Crippen LogP contribution in [0.25, 0.3) is 0 Å². The summed E-state index contributed by atoms with van der Waals surface area (Å²) < 4.78 is 15.6. The largest absolute Gasteiger partial charge is 0.466 e. The zero-order valence-corrected chi connectivity index (χ0v) is 19.9. The maximum absolute atomic E-state index is 11.7. The number of aliphatic hydroxyl groups excluding tert-OH is 1. The molecule has 7 heteroatoms. The lowest BCUT2D eigenvalue weighted by atomic mass is 9.93. The summed E-state index contributed by atoms with van der Waals surface area (Å²) in [6, 6.07) is 0. The summed E-state index contributed by atoms with van der Waals surface area (Å²) in [6.07, 6.45) is 8.89.